The molecule has 0 aliphatic rings. The van der Waals surface area contributed by atoms with Crippen molar-refractivity contribution in [2.75, 3.05) is 32.0 Å². The van der Waals surface area contributed by atoms with Crippen molar-refractivity contribution in [2.45, 2.75) is 0 Å². The monoisotopic (exact) mass is 403 g/mol. The number of pyridine rings is 1. The molecule has 8 heteroatoms. The number of rotatable bonds is 7. The summed E-state index contributed by atoms with van der Waals surface area (Å²) in [6.45, 7) is 0. The van der Waals surface area contributed by atoms with Gasteiger partial charge in [0.2, 0.25) is 11.7 Å². The summed E-state index contributed by atoms with van der Waals surface area (Å²) in [5.74, 6) is 3.34. The second-order valence-electron chi connectivity index (χ2n) is 6.31. The van der Waals surface area contributed by atoms with Gasteiger partial charge in [-0.25, -0.2) is 9.97 Å². The third-order valence-corrected chi connectivity index (χ3v) is 4.50. The van der Waals surface area contributed by atoms with Crippen LogP contribution in [0.4, 0.5) is 23.3 Å². The van der Waals surface area contributed by atoms with E-state index in [2.05, 4.69) is 25.6 Å². The molecule has 0 unspecified atom stereocenters. The Morgan fingerprint density at radius 2 is 1.50 bits per heavy atom. The molecule has 0 fully saturated rings. The summed E-state index contributed by atoms with van der Waals surface area (Å²) in [5, 5.41) is 8.51. The van der Waals surface area contributed by atoms with Crippen molar-refractivity contribution in [3.63, 3.8) is 0 Å². The van der Waals surface area contributed by atoms with Crippen LogP contribution in [0.25, 0.3) is 10.8 Å². The summed E-state index contributed by atoms with van der Waals surface area (Å²) in [6, 6.07) is 15.3. The quantitative estimate of drug-likeness (QED) is 0.465. The van der Waals surface area contributed by atoms with Crippen LogP contribution in [0.1, 0.15) is 0 Å². The van der Waals surface area contributed by atoms with Gasteiger partial charge >= 0.3 is 0 Å². The van der Waals surface area contributed by atoms with Crippen molar-refractivity contribution in [3.8, 4) is 17.2 Å². The molecule has 0 bridgehead atoms. The minimum absolute atomic E-state index is 0.427. The lowest BCUT2D eigenvalue weighted by atomic mass is 10.1. The topological polar surface area (TPSA) is 90.4 Å². The van der Waals surface area contributed by atoms with Crippen molar-refractivity contribution in [2.24, 2.45) is 0 Å². The molecule has 2 aromatic heterocycles. The molecule has 4 aromatic rings. The summed E-state index contributed by atoms with van der Waals surface area (Å²) in [5.41, 5.74) is 0.734. The Morgan fingerprint density at radius 3 is 2.23 bits per heavy atom. The first-order valence-electron chi connectivity index (χ1n) is 9.22. The molecule has 0 aliphatic carbocycles. The Labute approximate surface area is 173 Å². The lowest BCUT2D eigenvalue weighted by molar-refractivity contribution is 0.324. The van der Waals surface area contributed by atoms with Crippen LogP contribution in [0.3, 0.4) is 0 Å². The van der Waals surface area contributed by atoms with Gasteiger partial charge in [0.05, 0.1) is 21.3 Å². The number of aromatic nitrogens is 3. The summed E-state index contributed by atoms with van der Waals surface area (Å²) in [7, 11) is 4.72. The first kappa shape index (κ1) is 19.3. The summed E-state index contributed by atoms with van der Waals surface area (Å²) in [4.78, 5) is 13.3. The number of benzene rings is 2. The SMILES string of the molecule is COc1cc(Nc2ccnc(Nc3nccc4ccccc34)n2)cc(OC)c1OC. The molecule has 0 atom stereocenters. The normalized spacial score (nSPS) is 10.5. The van der Waals surface area contributed by atoms with E-state index >= 15 is 0 Å². The predicted octanol–water partition coefficient (Wildman–Crippen LogP) is 4.54. The van der Waals surface area contributed by atoms with E-state index in [0.29, 0.717) is 34.8 Å². The Morgan fingerprint density at radius 1 is 0.767 bits per heavy atom. The number of hydrogen-bond acceptors (Lipinski definition) is 8. The van der Waals surface area contributed by atoms with Gasteiger partial charge < -0.3 is 24.8 Å². The van der Waals surface area contributed by atoms with Crippen molar-refractivity contribution < 1.29 is 14.2 Å². The zero-order valence-electron chi connectivity index (χ0n) is 16.8. The second-order valence-corrected chi connectivity index (χ2v) is 6.31. The Balaban J connectivity index is 1.61. The zero-order chi connectivity index (χ0) is 20.9. The van der Waals surface area contributed by atoms with Crippen molar-refractivity contribution in [1.82, 2.24) is 15.0 Å². The van der Waals surface area contributed by atoms with Gasteiger partial charge in [-0.05, 0) is 17.5 Å². The molecule has 0 aliphatic heterocycles. The summed E-state index contributed by atoms with van der Waals surface area (Å²) in [6.07, 6.45) is 3.42. The zero-order valence-corrected chi connectivity index (χ0v) is 16.8. The van der Waals surface area contributed by atoms with Crippen molar-refractivity contribution in [1.29, 1.82) is 0 Å². The molecule has 2 N–H and O–H groups in total. The fourth-order valence-electron chi connectivity index (χ4n) is 3.11. The molecule has 0 saturated heterocycles. The molecule has 0 radical (unpaired) electrons. The van der Waals surface area contributed by atoms with E-state index in [1.165, 1.54) is 0 Å². The molecular weight excluding hydrogens is 382 g/mol. The maximum atomic E-state index is 5.40. The molecule has 152 valence electrons. The molecular formula is C22H21N5O3. The minimum Gasteiger partial charge on any atom is -0.493 e. The predicted molar refractivity (Wildman–Crippen MR) is 116 cm³/mol. The van der Waals surface area contributed by atoms with Gasteiger partial charge in [-0.15, -0.1) is 0 Å². The van der Waals surface area contributed by atoms with Gasteiger partial charge in [-0.3, -0.25) is 0 Å². The third kappa shape index (κ3) is 3.88. The van der Waals surface area contributed by atoms with E-state index in [0.717, 1.165) is 16.5 Å². The van der Waals surface area contributed by atoms with E-state index in [1.54, 1.807) is 39.8 Å². The van der Waals surface area contributed by atoms with Crippen LogP contribution in [-0.4, -0.2) is 36.3 Å². The van der Waals surface area contributed by atoms with Crippen LogP contribution in [0.2, 0.25) is 0 Å². The van der Waals surface area contributed by atoms with Gasteiger partial charge in [-0.1, -0.05) is 24.3 Å². The van der Waals surface area contributed by atoms with Crippen LogP contribution in [0.15, 0.2) is 60.9 Å². The maximum Gasteiger partial charge on any atom is 0.230 e. The molecule has 2 aromatic carbocycles. The van der Waals surface area contributed by atoms with Crippen molar-refractivity contribution >= 4 is 34.0 Å². The highest BCUT2D eigenvalue weighted by Crippen LogP contribution is 2.40. The molecule has 0 spiro atoms. The van der Waals surface area contributed by atoms with Gasteiger partial charge in [0.25, 0.3) is 0 Å². The highest BCUT2D eigenvalue weighted by atomic mass is 16.5. The first-order chi connectivity index (χ1) is 14.7. The maximum absolute atomic E-state index is 5.40. The second kappa shape index (κ2) is 8.52. The molecule has 2 heterocycles. The average Bonchev–Trinajstić information content (AvgIpc) is 2.79. The van der Waals surface area contributed by atoms with Crippen LogP contribution >= 0.6 is 0 Å². The first-order valence-corrected chi connectivity index (χ1v) is 9.22. The smallest absolute Gasteiger partial charge is 0.230 e. The standard InChI is InChI=1S/C22H21N5O3/c1-28-17-12-15(13-18(29-2)20(17)30-3)25-19-9-11-24-22(26-19)27-21-16-7-5-4-6-14(16)8-10-23-21/h4-13H,1-3H3,(H2,23,24,25,26,27). The van der Waals surface area contributed by atoms with Gasteiger partial charge in [0.1, 0.15) is 11.6 Å². The number of hydrogen-bond donors (Lipinski definition) is 2. The summed E-state index contributed by atoms with van der Waals surface area (Å²) >= 11 is 0. The largest absolute Gasteiger partial charge is 0.493 e. The lowest BCUT2D eigenvalue weighted by Crippen LogP contribution is -2.02. The van der Waals surface area contributed by atoms with Gasteiger partial charge in [0, 0.05) is 35.6 Å². The fourth-order valence-corrected chi connectivity index (χ4v) is 3.11. The van der Waals surface area contributed by atoms with Crippen LogP contribution in [0, 0.1) is 0 Å². The number of nitrogens with zero attached hydrogens (tertiary/aromatic N) is 3. The van der Waals surface area contributed by atoms with Crippen LogP contribution in [-0.2, 0) is 0 Å². The van der Waals surface area contributed by atoms with Crippen LogP contribution in [0.5, 0.6) is 17.2 Å². The van der Waals surface area contributed by atoms with E-state index in [9.17, 15) is 0 Å². The Hall–Kier alpha value is -4.07. The van der Waals surface area contributed by atoms with E-state index in [-0.39, 0.29) is 0 Å². The molecule has 4 rings (SSSR count). The Bertz CT molecular complexity index is 1150. The van der Waals surface area contributed by atoms with E-state index < -0.39 is 0 Å². The fraction of sp³-hybridized carbons (Fsp3) is 0.136. The molecule has 0 saturated carbocycles. The number of ether oxygens (including phenoxy) is 3. The highest BCUT2D eigenvalue weighted by Gasteiger charge is 2.14. The molecule has 0 amide bonds. The van der Waals surface area contributed by atoms with Crippen molar-refractivity contribution in [3.05, 3.63) is 60.9 Å². The van der Waals surface area contributed by atoms with Crippen LogP contribution < -0.4 is 24.8 Å². The third-order valence-electron chi connectivity index (χ3n) is 4.50. The minimum atomic E-state index is 0.427. The van der Waals surface area contributed by atoms with E-state index in [1.807, 2.05) is 42.5 Å². The van der Waals surface area contributed by atoms with E-state index in [4.69, 9.17) is 14.2 Å². The highest BCUT2D eigenvalue weighted by molar-refractivity contribution is 5.92. The number of anilines is 4. The Kier molecular flexibility index (Phi) is 5.47. The summed E-state index contributed by atoms with van der Waals surface area (Å²) < 4.78 is 16.2. The number of fused-ring (bicyclic) bond motifs is 1. The lowest BCUT2D eigenvalue weighted by Gasteiger charge is -2.15. The number of nitrogens with one attached hydrogen (secondary N) is 2. The average molecular weight is 403 g/mol. The molecule has 8 nitrogen and oxygen atoms in total. The van der Waals surface area contributed by atoms with Gasteiger partial charge in [-0.2, -0.15) is 4.98 Å². The number of methoxy groups -OCH3 is 3. The van der Waals surface area contributed by atoms with Gasteiger partial charge in [0.15, 0.2) is 11.5 Å². The molecule has 30 heavy (non-hydrogen) atoms.